The summed E-state index contributed by atoms with van der Waals surface area (Å²) in [6, 6.07) is 18.9. The summed E-state index contributed by atoms with van der Waals surface area (Å²) >= 11 is 1.59. The van der Waals surface area contributed by atoms with Crippen LogP contribution in [0.2, 0.25) is 0 Å². The summed E-state index contributed by atoms with van der Waals surface area (Å²) in [4.78, 5) is 28.8. The molecule has 0 aliphatic carbocycles. The van der Waals surface area contributed by atoms with Gasteiger partial charge in [-0.2, -0.15) is 0 Å². The molecule has 0 saturated carbocycles. The van der Waals surface area contributed by atoms with Crippen LogP contribution in [0.3, 0.4) is 0 Å². The summed E-state index contributed by atoms with van der Waals surface area (Å²) in [5, 5.41) is -0.0898. The zero-order chi connectivity index (χ0) is 21.8. The Labute approximate surface area is 185 Å². The summed E-state index contributed by atoms with van der Waals surface area (Å²) in [6.07, 6.45) is 1.61. The van der Waals surface area contributed by atoms with Crippen molar-refractivity contribution in [3.05, 3.63) is 89.4 Å². The minimum atomic E-state index is -0.0898. The minimum Gasteiger partial charge on any atom is -0.496 e. The average molecular weight is 437 g/mol. The number of ether oxygens (including phenoxy) is 1. The lowest BCUT2D eigenvalue weighted by Gasteiger charge is -2.24. The highest BCUT2D eigenvalue weighted by Crippen LogP contribution is 2.39. The van der Waals surface area contributed by atoms with E-state index >= 15 is 0 Å². The van der Waals surface area contributed by atoms with Crippen molar-refractivity contribution in [2.24, 2.45) is 0 Å². The van der Waals surface area contributed by atoms with Crippen molar-refractivity contribution < 1.29 is 18.7 Å². The number of hydrogen-bond donors (Lipinski definition) is 0. The van der Waals surface area contributed by atoms with Gasteiger partial charge in [-0.25, -0.2) is 0 Å². The largest absolute Gasteiger partial charge is 0.496 e. The van der Waals surface area contributed by atoms with Crippen molar-refractivity contribution in [2.75, 3.05) is 19.9 Å². The normalized spacial score (nSPS) is 15.9. The third-order valence-corrected chi connectivity index (χ3v) is 6.52. The molecule has 0 unspecified atom stereocenters. The number of thioether (sulfide) groups is 1. The molecule has 3 aromatic rings. The Morgan fingerprint density at radius 1 is 1.16 bits per heavy atom. The molecule has 31 heavy (non-hydrogen) atoms. The number of benzene rings is 2. The molecule has 1 aliphatic heterocycles. The van der Waals surface area contributed by atoms with Gasteiger partial charge in [-0.3, -0.25) is 9.59 Å². The standard InChI is InChI=1S/C24H24N2O4S/c1-25(14-19-6-3-4-8-21(19)29-2)23(28)17-9-11-18(12-10-17)24-26(22(27)16-31-24)15-20-7-5-13-30-20/h3-13,24H,14-16H2,1-2H3/t24-/m1/s1. The van der Waals surface area contributed by atoms with E-state index in [4.69, 9.17) is 9.15 Å². The molecular formula is C24H24N2O4S. The highest BCUT2D eigenvalue weighted by atomic mass is 32.2. The average Bonchev–Trinajstić information content (AvgIpc) is 3.44. The number of amides is 2. The van der Waals surface area contributed by atoms with E-state index < -0.39 is 0 Å². The second kappa shape index (κ2) is 9.31. The van der Waals surface area contributed by atoms with Crippen LogP contribution in [0.5, 0.6) is 5.75 Å². The van der Waals surface area contributed by atoms with Crippen molar-refractivity contribution in [3.8, 4) is 5.75 Å². The number of furan rings is 1. The van der Waals surface area contributed by atoms with Crippen LogP contribution >= 0.6 is 11.8 Å². The van der Waals surface area contributed by atoms with Gasteiger partial charge < -0.3 is 19.0 Å². The van der Waals surface area contributed by atoms with Gasteiger partial charge in [0.2, 0.25) is 5.91 Å². The first-order chi connectivity index (χ1) is 15.1. The Hall–Kier alpha value is -3.19. The molecule has 2 aromatic carbocycles. The number of nitrogens with zero attached hydrogens (tertiary/aromatic N) is 2. The SMILES string of the molecule is COc1ccccc1CN(C)C(=O)c1ccc([C@H]2SCC(=O)N2Cc2ccco2)cc1. The van der Waals surface area contributed by atoms with E-state index in [0.29, 0.717) is 24.4 Å². The van der Waals surface area contributed by atoms with E-state index in [0.717, 1.165) is 22.6 Å². The van der Waals surface area contributed by atoms with Crippen molar-refractivity contribution >= 4 is 23.6 Å². The van der Waals surface area contributed by atoms with Gasteiger partial charge >= 0.3 is 0 Å². The Morgan fingerprint density at radius 3 is 2.65 bits per heavy atom. The fraction of sp³-hybridized carbons (Fsp3) is 0.250. The van der Waals surface area contributed by atoms with E-state index in [2.05, 4.69) is 0 Å². The van der Waals surface area contributed by atoms with E-state index in [-0.39, 0.29) is 17.2 Å². The van der Waals surface area contributed by atoms with Crippen LogP contribution in [0.25, 0.3) is 0 Å². The third kappa shape index (κ3) is 4.61. The maximum absolute atomic E-state index is 12.9. The van der Waals surface area contributed by atoms with Crippen LogP contribution in [0.4, 0.5) is 0 Å². The lowest BCUT2D eigenvalue weighted by Crippen LogP contribution is -2.28. The number of hydrogen-bond acceptors (Lipinski definition) is 5. The molecular weight excluding hydrogens is 412 g/mol. The van der Waals surface area contributed by atoms with Gasteiger partial charge in [0.1, 0.15) is 16.9 Å². The van der Waals surface area contributed by atoms with Crippen molar-refractivity contribution in [1.29, 1.82) is 0 Å². The molecule has 0 spiro atoms. The van der Waals surface area contributed by atoms with Crippen molar-refractivity contribution in [1.82, 2.24) is 9.80 Å². The Morgan fingerprint density at radius 2 is 1.94 bits per heavy atom. The van der Waals surface area contributed by atoms with Gasteiger partial charge in [0, 0.05) is 24.7 Å². The number of carbonyl (C=O) groups is 2. The molecule has 2 amide bonds. The maximum atomic E-state index is 12.9. The molecule has 160 valence electrons. The number of rotatable bonds is 7. The summed E-state index contributed by atoms with van der Waals surface area (Å²) in [5.74, 6) is 1.97. The van der Waals surface area contributed by atoms with Crippen LogP contribution in [0.15, 0.2) is 71.3 Å². The lowest BCUT2D eigenvalue weighted by molar-refractivity contribution is -0.128. The van der Waals surface area contributed by atoms with E-state index in [1.807, 2.05) is 65.6 Å². The van der Waals surface area contributed by atoms with Crippen molar-refractivity contribution in [2.45, 2.75) is 18.5 Å². The van der Waals surface area contributed by atoms with Gasteiger partial charge in [0.05, 0.1) is 25.7 Å². The second-order valence-corrected chi connectivity index (χ2v) is 8.43. The topological polar surface area (TPSA) is 63.0 Å². The first-order valence-corrected chi connectivity index (χ1v) is 11.0. The quantitative estimate of drug-likeness (QED) is 0.552. The molecule has 2 heterocycles. The Bertz CT molecular complexity index is 1050. The summed E-state index contributed by atoms with van der Waals surface area (Å²) < 4.78 is 10.8. The number of carbonyl (C=O) groups excluding carboxylic acids is 2. The fourth-order valence-corrected chi connectivity index (χ4v) is 4.83. The number of para-hydroxylation sites is 1. The predicted octanol–water partition coefficient (Wildman–Crippen LogP) is 4.33. The minimum absolute atomic E-state index is 0.0694. The highest BCUT2D eigenvalue weighted by molar-refractivity contribution is 8.00. The molecule has 6 nitrogen and oxygen atoms in total. The van der Waals surface area contributed by atoms with Crippen LogP contribution in [-0.4, -0.2) is 41.5 Å². The second-order valence-electron chi connectivity index (χ2n) is 7.36. The summed E-state index contributed by atoms with van der Waals surface area (Å²) in [5.41, 5.74) is 2.55. The molecule has 1 saturated heterocycles. The molecule has 1 atom stereocenters. The van der Waals surface area contributed by atoms with Gasteiger partial charge in [0.25, 0.3) is 5.91 Å². The maximum Gasteiger partial charge on any atom is 0.253 e. The van der Waals surface area contributed by atoms with E-state index in [1.54, 1.807) is 37.1 Å². The van der Waals surface area contributed by atoms with Gasteiger partial charge in [-0.15, -0.1) is 11.8 Å². The zero-order valence-electron chi connectivity index (χ0n) is 17.5. The smallest absolute Gasteiger partial charge is 0.253 e. The first-order valence-electron chi connectivity index (χ1n) is 9.97. The molecule has 1 aliphatic rings. The fourth-order valence-electron chi connectivity index (χ4n) is 3.64. The van der Waals surface area contributed by atoms with Crippen LogP contribution in [0, 0.1) is 0 Å². The monoisotopic (exact) mass is 436 g/mol. The first kappa shape index (κ1) is 21.1. The molecule has 0 bridgehead atoms. The molecule has 0 radical (unpaired) electrons. The molecule has 0 N–H and O–H groups in total. The molecule has 4 rings (SSSR count). The lowest BCUT2D eigenvalue weighted by atomic mass is 10.1. The molecule has 1 fully saturated rings. The van der Waals surface area contributed by atoms with E-state index in [1.165, 1.54) is 0 Å². The zero-order valence-corrected chi connectivity index (χ0v) is 18.3. The molecule has 1 aromatic heterocycles. The highest BCUT2D eigenvalue weighted by Gasteiger charge is 2.33. The van der Waals surface area contributed by atoms with Crippen LogP contribution in [0.1, 0.15) is 32.6 Å². The van der Waals surface area contributed by atoms with Gasteiger partial charge in [0.15, 0.2) is 0 Å². The molecule has 7 heteroatoms. The van der Waals surface area contributed by atoms with Crippen molar-refractivity contribution in [3.63, 3.8) is 0 Å². The van der Waals surface area contributed by atoms with Gasteiger partial charge in [-0.05, 0) is 35.9 Å². The summed E-state index contributed by atoms with van der Waals surface area (Å²) in [6.45, 7) is 0.889. The van der Waals surface area contributed by atoms with Crippen LogP contribution < -0.4 is 4.74 Å². The third-order valence-electron chi connectivity index (χ3n) is 5.26. The van der Waals surface area contributed by atoms with E-state index in [9.17, 15) is 9.59 Å². The number of methoxy groups -OCH3 is 1. The Balaban J connectivity index is 1.45. The van der Waals surface area contributed by atoms with Gasteiger partial charge in [-0.1, -0.05) is 30.3 Å². The summed E-state index contributed by atoms with van der Waals surface area (Å²) in [7, 11) is 3.40. The predicted molar refractivity (Wildman–Crippen MR) is 120 cm³/mol. The Kier molecular flexibility index (Phi) is 6.32. The van der Waals surface area contributed by atoms with Crippen LogP contribution in [-0.2, 0) is 17.9 Å².